The maximum Gasteiger partial charge on any atom is 0.251 e. The number of carbonyl (C=O) groups excluding carboxylic acids is 1. The van der Waals surface area contributed by atoms with E-state index in [1.165, 1.54) is 24.3 Å². The minimum atomic E-state index is -0.786. The Balaban J connectivity index is 1.35. The van der Waals surface area contributed by atoms with Crippen LogP contribution in [0.5, 0.6) is 5.75 Å². The molecule has 2 saturated heterocycles. The molecule has 2 fully saturated rings. The van der Waals surface area contributed by atoms with Crippen LogP contribution in [0.3, 0.4) is 0 Å². The van der Waals surface area contributed by atoms with Gasteiger partial charge in [0.1, 0.15) is 11.6 Å². The van der Waals surface area contributed by atoms with Crippen LogP contribution >= 0.6 is 0 Å². The average Bonchev–Trinajstić information content (AvgIpc) is 2.92. The Morgan fingerprint density at radius 3 is 2.50 bits per heavy atom. The molecule has 5 rings (SSSR count). The molecule has 2 aromatic carbocycles. The first-order valence-corrected chi connectivity index (χ1v) is 11.2. The first kappa shape index (κ1) is 21.2. The highest BCUT2D eigenvalue weighted by Crippen LogP contribution is 2.35. The molecule has 3 heterocycles. The number of halogens is 1. The third-order valence-corrected chi connectivity index (χ3v) is 6.59. The van der Waals surface area contributed by atoms with Gasteiger partial charge in [-0.3, -0.25) is 9.69 Å². The SMILES string of the molecule is O=C(N[C@H]1c2cc(N3CCN(C4COC4)CC3)ccc2OCC[C@@H]1O)c1ccc(F)cc1. The van der Waals surface area contributed by atoms with Gasteiger partial charge in [0, 0.05) is 49.4 Å². The highest BCUT2D eigenvalue weighted by molar-refractivity contribution is 5.94. The number of hydrogen-bond donors (Lipinski definition) is 2. The molecule has 3 aliphatic rings. The number of nitrogens with one attached hydrogen (secondary N) is 1. The lowest BCUT2D eigenvalue weighted by Crippen LogP contribution is -2.56. The fourth-order valence-corrected chi connectivity index (χ4v) is 4.55. The Bertz CT molecular complexity index is 958. The zero-order chi connectivity index (χ0) is 22.1. The topological polar surface area (TPSA) is 74.3 Å². The second kappa shape index (κ2) is 9.05. The van der Waals surface area contributed by atoms with Crippen LogP contribution < -0.4 is 15.0 Å². The highest BCUT2D eigenvalue weighted by atomic mass is 19.1. The van der Waals surface area contributed by atoms with Crippen molar-refractivity contribution in [3.8, 4) is 5.75 Å². The zero-order valence-electron chi connectivity index (χ0n) is 17.9. The van der Waals surface area contributed by atoms with Crippen molar-refractivity contribution >= 4 is 11.6 Å². The number of carbonyl (C=O) groups is 1. The van der Waals surface area contributed by atoms with Crippen molar-refractivity contribution in [2.75, 3.05) is 50.9 Å². The van der Waals surface area contributed by atoms with Crippen LogP contribution in [-0.4, -0.2) is 74.1 Å². The van der Waals surface area contributed by atoms with E-state index in [-0.39, 0.29) is 5.91 Å². The molecular weight excluding hydrogens is 413 g/mol. The molecule has 0 radical (unpaired) electrons. The predicted molar refractivity (Wildman–Crippen MR) is 118 cm³/mol. The quantitative estimate of drug-likeness (QED) is 0.756. The van der Waals surface area contributed by atoms with Gasteiger partial charge < -0.3 is 24.8 Å². The van der Waals surface area contributed by atoms with Gasteiger partial charge in [0.05, 0.1) is 38.0 Å². The van der Waals surface area contributed by atoms with E-state index in [1.807, 2.05) is 18.2 Å². The lowest BCUT2D eigenvalue weighted by atomic mass is 9.98. The van der Waals surface area contributed by atoms with Gasteiger partial charge in [0.25, 0.3) is 5.91 Å². The predicted octanol–water partition coefficient (Wildman–Crippen LogP) is 1.96. The maximum absolute atomic E-state index is 13.2. The number of hydrogen-bond acceptors (Lipinski definition) is 6. The molecule has 8 heteroatoms. The summed E-state index contributed by atoms with van der Waals surface area (Å²) in [5.74, 6) is -0.0898. The minimum absolute atomic E-state index is 0.345. The number of fused-ring (bicyclic) bond motifs is 1. The van der Waals surface area contributed by atoms with E-state index >= 15 is 0 Å². The fourth-order valence-electron chi connectivity index (χ4n) is 4.55. The average molecular weight is 442 g/mol. The number of benzene rings is 2. The molecule has 0 spiro atoms. The zero-order valence-corrected chi connectivity index (χ0v) is 17.9. The third kappa shape index (κ3) is 4.30. The monoisotopic (exact) mass is 441 g/mol. The highest BCUT2D eigenvalue weighted by Gasteiger charge is 2.32. The molecule has 170 valence electrons. The summed E-state index contributed by atoms with van der Waals surface area (Å²) in [6, 6.07) is 11.3. The van der Waals surface area contributed by atoms with Gasteiger partial charge in [0.15, 0.2) is 0 Å². The summed E-state index contributed by atoms with van der Waals surface area (Å²) in [6.07, 6.45) is -0.382. The van der Waals surface area contributed by atoms with Crippen LogP contribution in [0, 0.1) is 5.82 Å². The van der Waals surface area contributed by atoms with Crippen LogP contribution in [0.25, 0.3) is 0 Å². The first-order chi connectivity index (χ1) is 15.6. The van der Waals surface area contributed by atoms with Crippen LogP contribution in [-0.2, 0) is 4.74 Å². The summed E-state index contributed by atoms with van der Waals surface area (Å²) in [5.41, 5.74) is 2.15. The molecule has 7 nitrogen and oxygen atoms in total. The molecule has 0 bridgehead atoms. The summed E-state index contributed by atoms with van der Waals surface area (Å²) in [4.78, 5) is 17.6. The molecule has 2 N–H and O–H groups in total. The number of ether oxygens (including phenoxy) is 2. The molecule has 32 heavy (non-hydrogen) atoms. The van der Waals surface area contributed by atoms with Gasteiger partial charge in [0.2, 0.25) is 0 Å². The van der Waals surface area contributed by atoms with E-state index in [4.69, 9.17) is 9.47 Å². The van der Waals surface area contributed by atoms with E-state index in [2.05, 4.69) is 15.1 Å². The summed E-state index contributed by atoms with van der Waals surface area (Å²) in [6.45, 7) is 5.80. The van der Waals surface area contributed by atoms with Gasteiger partial charge in [-0.15, -0.1) is 0 Å². The van der Waals surface area contributed by atoms with Gasteiger partial charge in [-0.2, -0.15) is 0 Å². The number of amides is 1. The van der Waals surface area contributed by atoms with Gasteiger partial charge >= 0.3 is 0 Å². The van der Waals surface area contributed by atoms with E-state index in [9.17, 15) is 14.3 Å². The van der Waals surface area contributed by atoms with E-state index in [1.54, 1.807) is 0 Å². The van der Waals surface area contributed by atoms with E-state index in [0.29, 0.717) is 30.4 Å². The number of anilines is 1. The summed E-state index contributed by atoms with van der Waals surface area (Å²) < 4.78 is 24.4. The van der Waals surface area contributed by atoms with Crippen LogP contribution in [0.15, 0.2) is 42.5 Å². The van der Waals surface area contributed by atoms with Crippen molar-refractivity contribution in [2.45, 2.75) is 24.6 Å². The molecule has 1 amide bonds. The largest absolute Gasteiger partial charge is 0.493 e. The molecule has 0 aliphatic carbocycles. The number of piperazine rings is 1. The summed E-state index contributed by atoms with van der Waals surface area (Å²) >= 11 is 0. The van der Waals surface area contributed by atoms with E-state index < -0.39 is 18.0 Å². The molecule has 3 aliphatic heterocycles. The summed E-state index contributed by atoms with van der Waals surface area (Å²) in [5, 5.41) is 13.7. The van der Waals surface area contributed by atoms with Crippen molar-refractivity contribution in [2.24, 2.45) is 0 Å². The number of aliphatic hydroxyl groups is 1. The van der Waals surface area contributed by atoms with Crippen molar-refractivity contribution in [1.82, 2.24) is 10.2 Å². The minimum Gasteiger partial charge on any atom is -0.493 e. The first-order valence-electron chi connectivity index (χ1n) is 11.2. The van der Waals surface area contributed by atoms with Gasteiger partial charge in [-0.25, -0.2) is 4.39 Å². The molecular formula is C24H28FN3O4. The van der Waals surface area contributed by atoms with Crippen molar-refractivity contribution < 1.29 is 23.8 Å². The number of aliphatic hydroxyl groups excluding tert-OH is 1. The van der Waals surface area contributed by atoms with Gasteiger partial charge in [-0.1, -0.05) is 0 Å². The second-order valence-corrected chi connectivity index (χ2v) is 8.60. The van der Waals surface area contributed by atoms with Gasteiger partial charge in [-0.05, 0) is 42.5 Å². The fraction of sp³-hybridized carbons (Fsp3) is 0.458. The maximum atomic E-state index is 13.2. The number of rotatable bonds is 4. The van der Waals surface area contributed by atoms with Crippen LogP contribution in [0.1, 0.15) is 28.4 Å². The Kier molecular flexibility index (Phi) is 5.99. The Hall–Kier alpha value is -2.68. The molecule has 0 aromatic heterocycles. The summed E-state index contributed by atoms with van der Waals surface area (Å²) in [7, 11) is 0. The van der Waals surface area contributed by atoms with Crippen LogP contribution in [0.4, 0.5) is 10.1 Å². The van der Waals surface area contributed by atoms with Crippen LogP contribution in [0.2, 0.25) is 0 Å². The van der Waals surface area contributed by atoms with E-state index in [0.717, 1.165) is 50.6 Å². The van der Waals surface area contributed by atoms with Crippen molar-refractivity contribution in [3.05, 3.63) is 59.4 Å². The standard InChI is InChI=1S/C24H28FN3O4/c25-17-3-1-16(2-4-17)24(30)26-23-20-13-18(5-6-22(20)32-12-7-21(23)29)27-8-10-28(11-9-27)19-14-31-15-19/h1-6,13,19,21,23,29H,7-12,14-15H2,(H,26,30)/t21-,23-/m0/s1. The van der Waals surface area contributed by atoms with Crippen molar-refractivity contribution in [3.63, 3.8) is 0 Å². The number of nitrogens with zero attached hydrogens (tertiary/aromatic N) is 2. The molecule has 2 atom stereocenters. The Morgan fingerprint density at radius 1 is 1.06 bits per heavy atom. The molecule has 2 aromatic rings. The lowest BCUT2D eigenvalue weighted by Gasteiger charge is -2.43. The lowest BCUT2D eigenvalue weighted by molar-refractivity contribution is -0.0660. The normalized spacial score (nSPS) is 24.1. The van der Waals surface area contributed by atoms with Crippen molar-refractivity contribution in [1.29, 1.82) is 0 Å². The molecule has 0 unspecified atom stereocenters. The third-order valence-electron chi connectivity index (χ3n) is 6.59. The Morgan fingerprint density at radius 2 is 1.81 bits per heavy atom. The second-order valence-electron chi connectivity index (χ2n) is 8.60. The molecule has 0 saturated carbocycles. The smallest absolute Gasteiger partial charge is 0.251 e. The Labute approximate surface area is 186 Å².